The molecule has 1 saturated heterocycles. The van der Waals surface area contributed by atoms with Crippen molar-refractivity contribution in [3.8, 4) is 0 Å². The summed E-state index contributed by atoms with van der Waals surface area (Å²) < 4.78 is 45.4. The fourth-order valence-electron chi connectivity index (χ4n) is 3.55. The first-order chi connectivity index (χ1) is 15.8. The number of carbonyl (C=O) groups is 2. The summed E-state index contributed by atoms with van der Waals surface area (Å²) in [6.45, 7) is 2.47. The van der Waals surface area contributed by atoms with Gasteiger partial charge in [0.05, 0.1) is 4.90 Å². The largest absolute Gasteiger partial charge is 0.456 e. The first-order valence-corrected chi connectivity index (χ1v) is 12.5. The third-order valence-electron chi connectivity index (χ3n) is 5.58. The lowest BCUT2D eigenvalue weighted by atomic mass is 10.1. The van der Waals surface area contributed by atoms with Crippen LogP contribution in [0, 0.1) is 12.7 Å². The van der Waals surface area contributed by atoms with Crippen LogP contribution in [0.4, 0.5) is 4.39 Å². The first kappa shape index (κ1) is 24.9. The molecule has 1 amide bonds. The summed E-state index contributed by atoms with van der Waals surface area (Å²) in [5, 5.41) is 2.58. The molecule has 7 nitrogen and oxygen atoms in total. The predicted molar refractivity (Wildman–Crippen MR) is 121 cm³/mol. The summed E-state index contributed by atoms with van der Waals surface area (Å²) in [6.07, 6.45) is 3.24. The fraction of sp³-hybridized carbons (Fsp3) is 0.417. The number of carbonyl (C=O) groups excluding carboxylic acids is 2. The normalized spacial score (nSPS) is 14.6. The minimum atomic E-state index is -3.48. The molecule has 0 atom stereocenters. The number of ether oxygens (including phenoxy) is 1. The van der Waals surface area contributed by atoms with E-state index in [4.69, 9.17) is 4.74 Å². The number of nitrogens with zero attached hydrogens (tertiary/aromatic N) is 1. The predicted octanol–water partition coefficient (Wildman–Crippen LogP) is 3.10. The van der Waals surface area contributed by atoms with E-state index >= 15 is 0 Å². The van der Waals surface area contributed by atoms with Gasteiger partial charge in [-0.3, -0.25) is 9.59 Å². The van der Waals surface area contributed by atoms with Gasteiger partial charge in [-0.25, -0.2) is 12.8 Å². The molecule has 1 N–H and O–H groups in total. The van der Waals surface area contributed by atoms with Crippen LogP contribution in [0.15, 0.2) is 47.4 Å². The summed E-state index contributed by atoms with van der Waals surface area (Å²) in [7, 11) is -3.48. The maximum Gasteiger partial charge on any atom is 0.306 e. The summed E-state index contributed by atoms with van der Waals surface area (Å²) in [5.41, 5.74) is 1.94. The quantitative estimate of drug-likeness (QED) is 0.562. The van der Waals surface area contributed by atoms with Crippen molar-refractivity contribution < 1.29 is 27.1 Å². The van der Waals surface area contributed by atoms with Crippen molar-refractivity contribution in [1.29, 1.82) is 0 Å². The van der Waals surface area contributed by atoms with E-state index in [-0.39, 0.29) is 23.7 Å². The Kier molecular flexibility index (Phi) is 8.57. The van der Waals surface area contributed by atoms with Crippen LogP contribution < -0.4 is 5.32 Å². The highest BCUT2D eigenvalue weighted by Gasteiger charge is 2.25. The van der Waals surface area contributed by atoms with Crippen LogP contribution in [-0.4, -0.2) is 44.3 Å². The highest BCUT2D eigenvalue weighted by Crippen LogP contribution is 2.21. The van der Waals surface area contributed by atoms with Crippen molar-refractivity contribution in [2.45, 2.75) is 50.5 Å². The number of rotatable bonds is 9. The van der Waals surface area contributed by atoms with Crippen LogP contribution in [0.1, 0.15) is 42.4 Å². The molecule has 0 aliphatic carbocycles. The molecule has 1 fully saturated rings. The van der Waals surface area contributed by atoms with E-state index in [2.05, 4.69) is 5.32 Å². The molecule has 0 radical (unpaired) electrons. The van der Waals surface area contributed by atoms with Gasteiger partial charge in [-0.05, 0) is 61.1 Å². The molecule has 0 aromatic heterocycles. The Labute approximate surface area is 194 Å². The monoisotopic (exact) mass is 476 g/mol. The van der Waals surface area contributed by atoms with Crippen LogP contribution in [0.5, 0.6) is 0 Å². The second-order valence-corrected chi connectivity index (χ2v) is 10.1. The van der Waals surface area contributed by atoms with Crippen LogP contribution >= 0.6 is 0 Å². The molecular weight excluding hydrogens is 447 g/mol. The molecule has 0 saturated carbocycles. The maximum atomic E-state index is 13.5. The smallest absolute Gasteiger partial charge is 0.306 e. The van der Waals surface area contributed by atoms with Crippen molar-refractivity contribution in [2.24, 2.45) is 0 Å². The molecule has 2 aromatic rings. The average molecular weight is 477 g/mol. The molecule has 3 rings (SSSR count). The number of esters is 1. The van der Waals surface area contributed by atoms with E-state index in [1.165, 1.54) is 10.4 Å². The Morgan fingerprint density at radius 1 is 1.03 bits per heavy atom. The number of piperidine rings is 1. The van der Waals surface area contributed by atoms with E-state index in [1.54, 1.807) is 43.3 Å². The molecule has 9 heteroatoms. The highest BCUT2D eigenvalue weighted by molar-refractivity contribution is 7.89. The number of amides is 1. The maximum absolute atomic E-state index is 13.5. The average Bonchev–Trinajstić information content (AvgIpc) is 2.83. The molecule has 0 unspecified atom stereocenters. The number of hydrogen-bond donors (Lipinski definition) is 1. The van der Waals surface area contributed by atoms with Crippen molar-refractivity contribution in [3.05, 3.63) is 65.0 Å². The Morgan fingerprint density at radius 2 is 1.70 bits per heavy atom. The Bertz CT molecular complexity index is 1080. The number of sulfonamides is 1. The zero-order valence-corrected chi connectivity index (χ0v) is 19.5. The standard InChI is InChI=1S/C24H29FN2O5S/c1-18-5-6-20(15-22(18)25)16-26-23(28)17-32-24(29)12-9-19-7-10-21(11-8-19)33(30,31)27-13-3-2-4-14-27/h5-8,10-11,15H,2-4,9,12-14,16-17H2,1H3,(H,26,28). The summed E-state index contributed by atoms with van der Waals surface area (Å²) in [6, 6.07) is 11.2. The van der Waals surface area contributed by atoms with Gasteiger partial charge in [0.25, 0.3) is 5.91 Å². The summed E-state index contributed by atoms with van der Waals surface area (Å²) >= 11 is 0. The molecule has 1 aliphatic rings. The third kappa shape index (κ3) is 7.10. The second-order valence-electron chi connectivity index (χ2n) is 8.13. The molecule has 2 aromatic carbocycles. The van der Waals surface area contributed by atoms with Crippen molar-refractivity contribution in [2.75, 3.05) is 19.7 Å². The molecule has 178 valence electrons. The molecule has 0 bridgehead atoms. The minimum absolute atomic E-state index is 0.0642. The number of aryl methyl sites for hydroxylation is 2. The van der Waals surface area contributed by atoms with Crippen LogP contribution in [0.3, 0.4) is 0 Å². The molecule has 33 heavy (non-hydrogen) atoms. The Morgan fingerprint density at radius 3 is 2.36 bits per heavy atom. The lowest BCUT2D eigenvalue weighted by Crippen LogP contribution is -2.35. The topological polar surface area (TPSA) is 92.8 Å². The van der Waals surface area contributed by atoms with Gasteiger partial charge in [0, 0.05) is 26.1 Å². The molecule has 1 heterocycles. The Hall–Kier alpha value is -2.78. The van der Waals surface area contributed by atoms with E-state index in [1.807, 2.05) is 0 Å². The SMILES string of the molecule is Cc1ccc(CNC(=O)COC(=O)CCc2ccc(S(=O)(=O)N3CCCCC3)cc2)cc1F. The van der Waals surface area contributed by atoms with Gasteiger partial charge in [-0.2, -0.15) is 4.31 Å². The van der Waals surface area contributed by atoms with Gasteiger partial charge in [0.2, 0.25) is 10.0 Å². The molecule has 0 spiro atoms. The van der Waals surface area contributed by atoms with E-state index in [9.17, 15) is 22.4 Å². The highest BCUT2D eigenvalue weighted by atomic mass is 32.2. The summed E-state index contributed by atoms with van der Waals surface area (Å²) in [4.78, 5) is 24.1. The number of nitrogens with one attached hydrogen (secondary N) is 1. The van der Waals surface area contributed by atoms with Gasteiger partial charge >= 0.3 is 5.97 Å². The van der Waals surface area contributed by atoms with Crippen LogP contribution in [-0.2, 0) is 37.3 Å². The first-order valence-electron chi connectivity index (χ1n) is 11.0. The van der Waals surface area contributed by atoms with E-state index < -0.39 is 28.5 Å². The van der Waals surface area contributed by atoms with Crippen LogP contribution in [0.2, 0.25) is 0 Å². The van der Waals surface area contributed by atoms with Gasteiger partial charge in [-0.15, -0.1) is 0 Å². The summed E-state index contributed by atoms with van der Waals surface area (Å²) in [5.74, 6) is -1.35. The van der Waals surface area contributed by atoms with Gasteiger partial charge in [0.1, 0.15) is 5.82 Å². The van der Waals surface area contributed by atoms with Crippen molar-refractivity contribution in [1.82, 2.24) is 9.62 Å². The fourth-order valence-corrected chi connectivity index (χ4v) is 5.06. The van der Waals surface area contributed by atoms with E-state index in [0.717, 1.165) is 24.8 Å². The second kappa shape index (κ2) is 11.4. The zero-order valence-electron chi connectivity index (χ0n) is 18.7. The zero-order chi connectivity index (χ0) is 23.8. The number of halogens is 1. The van der Waals surface area contributed by atoms with Gasteiger partial charge < -0.3 is 10.1 Å². The van der Waals surface area contributed by atoms with Crippen molar-refractivity contribution in [3.63, 3.8) is 0 Å². The lowest BCUT2D eigenvalue weighted by molar-refractivity contribution is -0.148. The Balaban J connectivity index is 1.40. The van der Waals surface area contributed by atoms with Gasteiger partial charge in [-0.1, -0.05) is 30.7 Å². The molecule has 1 aliphatic heterocycles. The third-order valence-corrected chi connectivity index (χ3v) is 7.50. The minimum Gasteiger partial charge on any atom is -0.456 e. The van der Waals surface area contributed by atoms with Crippen molar-refractivity contribution >= 4 is 21.9 Å². The molecular formula is C24H29FN2O5S. The van der Waals surface area contributed by atoms with E-state index in [0.29, 0.717) is 30.6 Å². The lowest BCUT2D eigenvalue weighted by Gasteiger charge is -2.25. The number of hydrogen-bond acceptors (Lipinski definition) is 5. The van der Waals surface area contributed by atoms with Crippen LogP contribution in [0.25, 0.3) is 0 Å². The number of benzene rings is 2. The van der Waals surface area contributed by atoms with Gasteiger partial charge in [0.15, 0.2) is 6.61 Å².